The lowest BCUT2D eigenvalue weighted by molar-refractivity contribution is -0.138. The van der Waals surface area contributed by atoms with Crippen molar-refractivity contribution in [3.8, 4) is 5.75 Å². The zero-order chi connectivity index (χ0) is 35.9. The predicted octanol–water partition coefficient (Wildman–Crippen LogP) is 1.48. The predicted molar refractivity (Wildman–Crippen MR) is 177 cm³/mol. The van der Waals surface area contributed by atoms with Gasteiger partial charge in [-0.1, -0.05) is 25.5 Å². The van der Waals surface area contributed by atoms with E-state index in [2.05, 4.69) is 27.6 Å². The van der Waals surface area contributed by atoms with E-state index in [1.54, 1.807) is 12.1 Å². The fourth-order valence-electron chi connectivity index (χ4n) is 4.57. The first-order chi connectivity index (χ1) is 22.5. The molecular formula is C31H44N4O11S2. The van der Waals surface area contributed by atoms with Crippen LogP contribution in [0.5, 0.6) is 5.75 Å². The number of aliphatic carboxylic acids is 1. The summed E-state index contributed by atoms with van der Waals surface area (Å²) in [5.41, 5.74) is 1.99. The van der Waals surface area contributed by atoms with Crippen LogP contribution in [-0.4, -0.2) is 88.2 Å². The minimum atomic E-state index is -4.33. The molecule has 17 heteroatoms. The van der Waals surface area contributed by atoms with Crippen molar-refractivity contribution >= 4 is 43.8 Å². The second-order valence-corrected chi connectivity index (χ2v) is 14.3. The van der Waals surface area contributed by atoms with Crippen molar-refractivity contribution < 1.29 is 50.4 Å². The number of benzene rings is 2. The van der Waals surface area contributed by atoms with Crippen LogP contribution < -0.4 is 25.4 Å². The molecule has 0 aliphatic heterocycles. The summed E-state index contributed by atoms with van der Waals surface area (Å²) < 4.78 is 64.4. The van der Waals surface area contributed by atoms with E-state index in [1.807, 2.05) is 12.1 Å². The summed E-state index contributed by atoms with van der Waals surface area (Å²) in [7, 11) is -8.56. The number of aryl methyl sites for hydroxylation is 3. The molecule has 0 bridgehead atoms. The summed E-state index contributed by atoms with van der Waals surface area (Å²) in [6.07, 6.45) is 2.96. The SMILES string of the molecule is CCCCc1ccc(C(=O)NCC(NS(=O)(=O)c2c(C)cc(OCCCC(=O)NCCNC(=O)CCS(=O)(=O)O)cc2C)C(=O)O)cc1. The smallest absolute Gasteiger partial charge is 0.323 e. The number of hydrogen-bond donors (Lipinski definition) is 6. The topological polar surface area (TPSA) is 234 Å². The van der Waals surface area contributed by atoms with Crippen LogP contribution in [0.4, 0.5) is 0 Å². The van der Waals surface area contributed by atoms with Gasteiger partial charge in [-0.3, -0.25) is 23.7 Å². The normalized spacial score (nSPS) is 12.2. The monoisotopic (exact) mass is 712 g/mol. The molecule has 1 atom stereocenters. The Balaban J connectivity index is 1.86. The van der Waals surface area contributed by atoms with Crippen molar-refractivity contribution in [1.29, 1.82) is 0 Å². The zero-order valence-corrected chi connectivity index (χ0v) is 28.8. The summed E-state index contributed by atoms with van der Waals surface area (Å²) in [6, 6.07) is 8.26. The van der Waals surface area contributed by atoms with Crippen LogP contribution in [0.2, 0.25) is 0 Å². The lowest BCUT2D eigenvalue weighted by Crippen LogP contribution is -2.48. The Hall–Kier alpha value is -4.06. The number of rotatable bonds is 21. The Labute approximate surface area is 281 Å². The molecule has 0 saturated carbocycles. The van der Waals surface area contributed by atoms with Crippen LogP contribution in [0.1, 0.15) is 66.1 Å². The number of carbonyl (C=O) groups is 4. The Kier molecular flexibility index (Phi) is 15.9. The van der Waals surface area contributed by atoms with Crippen LogP contribution in [0.15, 0.2) is 41.3 Å². The molecule has 0 radical (unpaired) electrons. The number of unbranched alkanes of at least 4 members (excludes halogenated alkanes) is 1. The van der Waals surface area contributed by atoms with Gasteiger partial charge in [-0.2, -0.15) is 13.1 Å². The fraction of sp³-hybridized carbons (Fsp3) is 0.484. The van der Waals surface area contributed by atoms with Crippen LogP contribution in [0.25, 0.3) is 0 Å². The molecule has 2 aromatic rings. The van der Waals surface area contributed by atoms with Gasteiger partial charge in [-0.15, -0.1) is 0 Å². The van der Waals surface area contributed by atoms with Crippen LogP contribution >= 0.6 is 0 Å². The molecule has 2 rings (SSSR count). The third-order valence-corrected chi connectivity index (χ3v) is 9.47. The molecule has 1 unspecified atom stereocenters. The van der Waals surface area contributed by atoms with Gasteiger partial charge in [0.05, 0.1) is 17.3 Å². The van der Waals surface area contributed by atoms with Crippen molar-refractivity contribution in [1.82, 2.24) is 20.7 Å². The second kappa shape index (κ2) is 19.1. The molecule has 2 aromatic carbocycles. The molecule has 6 N–H and O–H groups in total. The van der Waals surface area contributed by atoms with Gasteiger partial charge in [-0.25, -0.2) is 8.42 Å². The van der Waals surface area contributed by atoms with Crippen molar-refractivity contribution in [2.45, 2.75) is 70.2 Å². The third kappa shape index (κ3) is 14.4. The molecule has 0 aliphatic rings. The van der Waals surface area contributed by atoms with Crippen LogP contribution in [-0.2, 0) is 40.9 Å². The lowest BCUT2D eigenvalue weighted by atomic mass is 10.1. The molecular weight excluding hydrogens is 668 g/mol. The van der Waals surface area contributed by atoms with Gasteiger partial charge in [0.1, 0.15) is 11.8 Å². The van der Waals surface area contributed by atoms with E-state index >= 15 is 0 Å². The molecule has 0 aromatic heterocycles. The molecule has 0 saturated heterocycles. The second-order valence-electron chi connectivity index (χ2n) is 11.1. The molecule has 48 heavy (non-hydrogen) atoms. The Morgan fingerprint density at radius 2 is 1.44 bits per heavy atom. The van der Waals surface area contributed by atoms with E-state index in [1.165, 1.54) is 26.0 Å². The maximum Gasteiger partial charge on any atom is 0.323 e. The first-order valence-corrected chi connectivity index (χ1v) is 18.5. The van der Waals surface area contributed by atoms with Crippen molar-refractivity contribution in [2.75, 3.05) is 32.0 Å². The summed E-state index contributed by atoms with van der Waals surface area (Å²) in [5, 5.41) is 17.2. The van der Waals surface area contributed by atoms with Crippen molar-refractivity contribution in [2.24, 2.45) is 0 Å². The van der Waals surface area contributed by atoms with Gasteiger partial charge >= 0.3 is 5.97 Å². The van der Waals surface area contributed by atoms with Gasteiger partial charge < -0.3 is 25.8 Å². The molecule has 3 amide bonds. The standard InChI is InChI=1S/C31H44N4O11S2/c1-4-5-7-23-9-11-24(12-10-23)30(38)34-20-26(31(39)40)35-48(44,45)29-21(2)18-25(19-22(29)3)46-16-6-8-27(36)32-14-15-33-28(37)13-17-47(41,42)43/h9-12,18-19,26,35H,4-8,13-17,20H2,1-3H3,(H,32,36)(H,33,37)(H,34,38)(H,39,40)(H,41,42,43). The minimum Gasteiger partial charge on any atom is -0.494 e. The fourth-order valence-corrected chi connectivity index (χ4v) is 6.65. The summed E-state index contributed by atoms with van der Waals surface area (Å²) in [4.78, 5) is 47.9. The first kappa shape index (κ1) is 40.1. The lowest BCUT2D eigenvalue weighted by Gasteiger charge is -2.19. The van der Waals surface area contributed by atoms with Crippen LogP contribution in [0.3, 0.4) is 0 Å². The Bertz CT molecular complexity index is 1620. The highest BCUT2D eigenvalue weighted by Gasteiger charge is 2.28. The van der Waals surface area contributed by atoms with E-state index in [0.29, 0.717) is 28.9 Å². The summed E-state index contributed by atoms with van der Waals surface area (Å²) >= 11 is 0. The average Bonchev–Trinajstić information content (AvgIpc) is 3.00. The number of carboxylic acids is 1. The highest BCUT2D eigenvalue weighted by molar-refractivity contribution is 7.89. The number of amides is 3. The number of carboxylic acid groups (broad SMARTS) is 1. The number of carbonyl (C=O) groups excluding carboxylic acids is 3. The van der Waals surface area contributed by atoms with Gasteiger partial charge in [0, 0.05) is 38.0 Å². The van der Waals surface area contributed by atoms with Gasteiger partial charge in [-0.05, 0) is 74.1 Å². The molecule has 15 nitrogen and oxygen atoms in total. The van der Waals surface area contributed by atoms with E-state index in [0.717, 1.165) is 24.8 Å². The summed E-state index contributed by atoms with van der Waals surface area (Å²) in [5.74, 6) is -3.24. The van der Waals surface area contributed by atoms with Crippen molar-refractivity contribution in [3.63, 3.8) is 0 Å². The highest BCUT2D eigenvalue weighted by Crippen LogP contribution is 2.26. The maximum absolute atomic E-state index is 13.3. The Morgan fingerprint density at radius 3 is 1.98 bits per heavy atom. The minimum absolute atomic E-state index is 0.0741. The number of sulfonamides is 1. The van der Waals surface area contributed by atoms with E-state index in [4.69, 9.17) is 9.29 Å². The van der Waals surface area contributed by atoms with Crippen LogP contribution in [0, 0.1) is 13.8 Å². The van der Waals surface area contributed by atoms with Gasteiger partial charge in [0.2, 0.25) is 21.8 Å². The maximum atomic E-state index is 13.3. The van der Waals surface area contributed by atoms with E-state index in [9.17, 15) is 41.1 Å². The molecule has 266 valence electrons. The Morgan fingerprint density at radius 1 is 0.854 bits per heavy atom. The third-order valence-electron chi connectivity index (χ3n) is 6.97. The number of hydrogen-bond acceptors (Lipinski definition) is 9. The zero-order valence-electron chi connectivity index (χ0n) is 27.2. The van der Waals surface area contributed by atoms with Crippen molar-refractivity contribution in [3.05, 3.63) is 58.7 Å². The van der Waals surface area contributed by atoms with E-state index in [-0.39, 0.29) is 36.9 Å². The van der Waals surface area contributed by atoms with Gasteiger partial charge in [0.25, 0.3) is 16.0 Å². The molecule has 0 aliphatic carbocycles. The largest absolute Gasteiger partial charge is 0.494 e. The number of ether oxygens (including phenoxy) is 1. The molecule has 0 fully saturated rings. The first-order valence-electron chi connectivity index (χ1n) is 15.4. The quantitative estimate of drug-likeness (QED) is 0.0801. The summed E-state index contributed by atoms with van der Waals surface area (Å²) in [6.45, 7) is 4.98. The average molecular weight is 713 g/mol. The van der Waals surface area contributed by atoms with E-state index < -0.39 is 62.7 Å². The molecule has 0 spiro atoms. The molecule has 0 heterocycles. The number of nitrogens with one attached hydrogen (secondary N) is 4. The van der Waals surface area contributed by atoms with Gasteiger partial charge in [0.15, 0.2) is 0 Å². The highest BCUT2D eigenvalue weighted by atomic mass is 32.2.